The second kappa shape index (κ2) is 7.34. The monoisotopic (exact) mass is 412 g/mol. The SMILES string of the molecule is Cc1ccc(S(=O)(=O)N2CCCN(S(=O)(=O)c3cnn(C)c3)CC2)cc1C. The van der Waals surface area contributed by atoms with Crippen molar-refractivity contribution < 1.29 is 16.8 Å². The maximum atomic E-state index is 13.0. The second-order valence-corrected chi connectivity index (χ2v) is 10.6. The molecule has 1 aromatic heterocycles. The minimum absolute atomic E-state index is 0.112. The molecule has 0 N–H and O–H groups in total. The van der Waals surface area contributed by atoms with Crippen LogP contribution >= 0.6 is 0 Å². The Hall–Kier alpha value is -1.75. The van der Waals surface area contributed by atoms with Crippen molar-refractivity contribution in [1.29, 1.82) is 0 Å². The molecular formula is C17H24N4O4S2. The van der Waals surface area contributed by atoms with Crippen LogP contribution in [0.4, 0.5) is 0 Å². The summed E-state index contributed by atoms with van der Waals surface area (Å²) in [6.45, 7) is 4.60. The Balaban J connectivity index is 1.81. The topological polar surface area (TPSA) is 92.6 Å². The van der Waals surface area contributed by atoms with Gasteiger partial charge in [-0.05, 0) is 43.5 Å². The molecule has 0 bridgehead atoms. The van der Waals surface area contributed by atoms with Gasteiger partial charge >= 0.3 is 0 Å². The van der Waals surface area contributed by atoms with Gasteiger partial charge in [0.1, 0.15) is 4.90 Å². The average molecular weight is 413 g/mol. The molecule has 0 spiro atoms. The Morgan fingerprint density at radius 3 is 1.96 bits per heavy atom. The van der Waals surface area contributed by atoms with Crippen molar-refractivity contribution in [2.24, 2.45) is 7.05 Å². The Bertz CT molecular complexity index is 1040. The Morgan fingerprint density at radius 2 is 1.44 bits per heavy atom. The summed E-state index contributed by atoms with van der Waals surface area (Å²) in [6.07, 6.45) is 3.19. The number of nitrogens with zero attached hydrogens (tertiary/aromatic N) is 4. The molecule has 1 aliphatic rings. The molecule has 1 aliphatic heterocycles. The van der Waals surface area contributed by atoms with Gasteiger partial charge in [0.25, 0.3) is 0 Å². The zero-order valence-corrected chi connectivity index (χ0v) is 17.3. The van der Waals surface area contributed by atoms with Crippen LogP contribution in [0.3, 0.4) is 0 Å². The van der Waals surface area contributed by atoms with Gasteiger partial charge < -0.3 is 0 Å². The van der Waals surface area contributed by atoms with Crippen molar-refractivity contribution in [2.75, 3.05) is 26.2 Å². The van der Waals surface area contributed by atoms with Crippen molar-refractivity contribution in [3.8, 4) is 0 Å². The highest BCUT2D eigenvalue weighted by Gasteiger charge is 2.32. The molecule has 2 heterocycles. The van der Waals surface area contributed by atoms with E-state index in [-0.39, 0.29) is 36.0 Å². The van der Waals surface area contributed by atoms with Crippen LogP contribution in [-0.4, -0.2) is 61.4 Å². The highest BCUT2D eigenvalue weighted by atomic mass is 32.2. The van der Waals surface area contributed by atoms with Crippen LogP contribution in [0, 0.1) is 13.8 Å². The van der Waals surface area contributed by atoms with E-state index in [0.29, 0.717) is 6.42 Å². The van der Waals surface area contributed by atoms with Gasteiger partial charge in [-0.25, -0.2) is 16.8 Å². The molecule has 148 valence electrons. The maximum Gasteiger partial charge on any atom is 0.246 e. The van der Waals surface area contributed by atoms with Gasteiger partial charge in [0.15, 0.2) is 0 Å². The molecule has 10 heteroatoms. The van der Waals surface area contributed by atoms with Crippen LogP contribution in [0.1, 0.15) is 17.5 Å². The lowest BCUT2D eigenvalue weighted by atomic mass is 10.1. The van der Waals surface area contributed by atoms with Crippen molar-refractivity contribution in [3.63, 3.8) is 0 Å². The van der Waals surface area contributed by atoms with E-state index in [2.05, 4.69) is 5.10 Å². The Kier molecular flexibility index (Phi) is 5.44. The van der Waals surface area contributed by atoms with E-state index >= 15 is 0 Å². The molecule has 0 unspecified atom stereocenters. The van der Waals surface area contributed by atoms with Gasteiger partial charge in [-0.1, -0.05) is 6.07 Å². The lowest BCUT2D eigenvalue weighted by Gasteiger charge is -2.21. The van der Waals surface area contributed by atoms with Crippen LogP contribution in [-0.2, 0) is 27.1 Å². The van der Waals surface area contributed by atoms with Crippen LogP contribution in [0.15, 0.2) is 40.4 Å². The molecule has 1 saturated heterocycles. The van der Waals surface area contributed by atoms with Gasteiger partial charge in [0, 0.05) is 39.4 Å². The van der Waals surface area contributed by atoms with E-state index in [9.17, 15) is 16.8 Å². The second-order valence-electron chi connectivity index (χ2n) is 6.76. The Morgan fingerprint density at radius 1 is 0.852 bits per heavy atom. The first-order chi connectivity index (χ1) is 12.6. The predicted octanol–water partition coefficient (Wildman–Crippen LogP) is 1.12. The van der Waals surface area contributed by atoms with Crippen molar-refractivity contribution >= 4 is 20.0 Å². The van der Waals surface area contributed by atoms with Crippen molar-refractivity contribution in [1.82, 2.24) is 18.4 Å². The highest BCUT2D eigenvalue weighted by molar-refractivity contribution is 7.89. The molecule has 2 aromatic rings. The summed E-state index contributed by atoms with van der Waals surface area (Å²) in [7, 11) is -5.69. The summed E-state index contributed by atoms with van der Waals surface area (Å²) in [4.78, 5) is 0.365. The number of hydrogen-bond donors (Lipinski definition) is 0. The van der Waals surface area contributed by atoms with Crippen LogP contribution < -0.4 is 0 Å². The van der Waals surface area contributed by atoms with Crippen molar-refractivity contribution in [3.05, 3.63) is 41.7 Å². The summed E-state index contributed by atoms with van der Waals surface area (Å²) < 4.78 is 55.6. The Labute approximate surface area is 160 Å². The van der Waals surface area contributed by atoms with Crippen LogP contribution in [0.25, 0.3) is 0 Å². The highest BCUT2D eigenvalue weighted by Crippen LogP contribution is 2.22. The summed E-state index contributed by atoms with van der Waals surface area (Å²) in [5, 5.41) is 3.91. The van der Waals surface area contributed by atoms with E-state index in [1.165, 1.54) is 25.7 Å². The molecule has 1 fully saturated rings. The molecule has 0 radical (unpaired) electrons. The van der Waals surface area contributed by atoms with Gasteiger partial charge in [-0.3, -0.25) is 4.68 Å². The molecule has 0 amide bonds. The standard InChI is InChI=1S/C17H24N4O4S2/c1-14-5-6-16(11-15(14)2)26(22,23)20-7-4-8-21(10-9-20)27(24,25)17-12-18-19(3)13-17/h5-6,11-13H,4,7-10H2,1-3H3. The van der Waals surface area contributed by atoms with E-state index < -0.39 is 20.0 Å². The minimum Gasteiger partial charge on any atom is -0.274 e. The lowest BCUT2D eigenvalue weighted by Crippen LogP contribution is -2.37. The molecule has 0 atom stereocenters. The third-order valence-corrected chi connectivity index (χ3v) is 8.60. The molecular weight excluding hydrogens is 388 g/mol. The summed E-state index contributed by atoms with van der Waals surface area (Å²) >= 11 is 0. The molecule has 8 nitrogen and oxygen atoms in total. The zero-order chi connectivity index (χ0) is 19.8. The maximum absolute atomic E-state index is 13.0. The van der Waals surface area contributed by atoms with Crippen LogP contribution in [0.2, 0.25) is 0 Å². The van der Waals surface area contributed by atoms with E-state index in [1.54, 1.807) is 25.2 Å². The van der Waals surface area contributed by atoms with E-state index in [0.717, 1.165) is 11.1 Å². The quantitative estimate of drug-likeness (QED) is 0.750. The fourth-order valence-electron chi connectivity index (χ4n) is 3.06. The number of benzene rings is 1. The van der Waals surface area contributed by atoms with Crippen molar-refractivity contribution in [2.45, 2.75) is 30.1 Å². The number of hydrogen-bond acceptors (Lipinski definition) is 5. The summed E-state index contributed by atoms with van der Waals surface area (Å²) in [5.74, 6) is 0. The molecule has 0 saturated carbocycles. The van der Waals surface area contributed by atoms with Gasteiger partial charge in [0.05, 0.1) is 11.1 Å². The first-order valence-electron chi connectivity index (χ1n) is 8.68. The fraction of sp³-hybridized carbons (Fsp3) is 0.471. The third-order valence-electron chi connectivity index (χ3n) is 4.85. The van der Waals surface area contributed by atoms with E-state index in [1.807, 2.05) is 13.8 Å². The number of aryl methyl sites for hydroxylation is 3. The zero-order valence-electron chi connectivity index (χ0n) is 15.7. The average Bonchev–Trinajstić information content (AvgIpc) is 2.90. The number of rotatable bonds is 4. The number of sulfonamides is 2. The normalized spacial score (nSPS) is 17.7. The molecule has 0 aliphatic carbocycles. The first kappa shape index (κ1) is 20.0. The fourth-order valence-corrected chi connectivity index (χ4v) is 6.07. The van der Waals surface area contributed by atoms with Gasteiger partial charge in [0.2, 0.25) is 20.0 Å². The smallest absolute Gasteiger partial charge is 0.246 e. The van der Waals surface area contributed by atoms with Gasteiger partial charge in [-0.2, -0.15) is 13.7 Å². The van der Waals surface area contributed by atoms with E-state index in [4.69, 9.17) is 0 Å². The molecule has 27 heavy (non-hydrogen) atoms. The van der Waals surface area contributed by atoms with Crippen LogP contribution in [0.5, 0.6) is 0 Å². The lowest BCUT2D eigenvalue weighted by molar-refractivity contribution is 0.404. The predicted molar refractivity (Wildman–Crippen MR) is 101 cm³/mol. The molecule has 1 aromatic carbocycles. The minimum atomic E-state index is -3.68. The molecule has 3 rings (SSSR count). The summed E-state index contributed by atoms with van der Waals surface area (Å²) in [5.41, 5.74) is 1.94. The largest absolute Gasteiger partial charge is 0.274 e. The van der Waals surface area contributed by atoms with Gasteiger partial charge in [-0.15, -0.1) is 0 Å². The number of aromatic nitrogens is 2. The third kappa shape index (κ3) is 3.93. The first-order valence-corrected chi connectivity index (χ1v) is 11.6. The summed E-state index contributed by atoms with van der Waals surface area (Å²) in [6, 6.07) is 5.06.